The summed E-state index contributed by atoms with van der Waals surface area (Å²) in [6.07, 6.45) is -0.208. The zero-order valence-electron chi connectivity index (χ0n) is 9.78. The van der Waals surface area contributed by atoms with E-state index in [9.17, 15) is 13.6 Å². The summed E-state index contributed by atoms with van der Waals surface area (Å²) in [5.74, 6) is -0.834. The van der Waals surface area contributed by atoms with Crippen molar-refractivity contribution in [3.63, 3.8) is 0 Å². The summed E-state index contributed by atoms with van der Waals surface area (Å²) >= 11 is 0. The molecule has 0 saturated carbocycles. The van der Waals surface area contributed by atoms with Crippen molar-refractivity contribution >= 4 is 17.3 Å². The Labute approximate surface area is 103 Å². The summed E-state index contributed by atoms with van der Waals surface area (Å²) in [5.41, 5.74) is 11.2. The Bertz CT molecular complexity index is 439. The molecule has 1 aromatic rings. The van der Waals surface area contributed by atoms with Gasteiger partial charge in [-0.1, -0.05) is 6.07 Å². The van der Waals surface area contributed by atoms with Gasteiger partial charge in [-0.3, -0.25) is 4.79 Å². The highest BCUT2D eigenvalue weighted by Crippen LogP contribution is 2.33. The van der Waals surface area contributed by atoms with Crippen molar-refractivity contribution in [3.8, 4) is 5.75 Å². The van der Waals surface area contributed by atoms with E-state index in [1.807, 2.05) is 0 Å². The Hall–Kier alpha value is -2.05. The van der Waals surface area contributed by atoms with Gasteiger partial charge in [0.15, 0.2) is 5.75 Å². The van der Waals surface area contributed by atoms with E-state index in [-0.39, 0.29) is 35.7 Å². The second-order valence-electron chi connectivity index (χ2n) is 3.42. The number of carbonyl (C=O) groups excluding carboxylic acids is 1. The molecule has 1 rings (SSSR count). The van der Waals surface area contributed by atoms with Crippen molar-refractivity contribution in [2.24, 2.45) is 0 Å². The molecule has 0 aliphatic carbocycles. The second-order valence-corrected chi connectivity index (χ2v) is 3.42. The van der Waals surface area contributed by atoms with Crippen LogP contribution in [0, 0.1) is 0 Å². The second kappa shape index (κ2) is 6.04. The molecular formula is C11H14F2N2O3. The van der Waals surface area contributed by atoms with E-state index in [0.29, 0.717) is 0 Å². The molecule has 0 amide bonds. The molecule has 7 heteroatoms. The van der Waals surface area contributed by atoms with Crippen LogP contribution in [0.3, 0.4) is 0 Å². The van der Waals surface area contributed by atoms with Gasteiger partial charge in [0.05, 0.1) is 24.4 Å². The van der Waals surface area contributed by atoms with Gasteiger partial charge in [-0.25, -0.2) is 0 Å². The molecule has 1 aromatic carbocycles. The molecule has 0 unspecified atom stereocenters. The molecule has 0 spiro atoms. The standard InChI is InChI=1S/C11H14F2N2O3/c1-2-17-8(16)5-6-3-4-7(14)9(15)10(6)18-11(12)13/h3-4,11H,2,5,14-15H2,1H3. The first-order valence-electron chi connectivity index (χ1n) is 5.23. The molecule has 100 valence electrons. The minimum Gasteiger partial charge on any atom is -0.466 e. The first-order valence-corrected chi connectivity index (χ1v) is 5.23. The molecule has 0 radical (unpaired) electrons. The largest absolute Gasteiger partial charge is 0.466 e. The smallest absolute Gasteiger partial charge is 0.387 e. The van der Waals surface area contributed by atoms with Crippen molar-refractivity contribution in [2.75, 3.05) is 18.1 Å². The summed E-state index contributed by atoms with van der Waals surface area (Å²) in [5, 5.41) is 0. The van der Waals surface area contributed by atoms with Crippen LogP contribution in [0.4, 0.5) is 20.2 Å². The molecular weight excluding hydrogens is 246 g/mol. The highest BCUT2D eigenvalue weighted by atomic mass is 19.3. The molecule has 18 heavy (non-hydrogen) atoms. The van der Waals surface area contributed by atoms with E-state index in [4.69, 9.17) is 16.2 Å². The van der Waals surface area contributed by atoms with Crippen LogP contribution in [0.5, 0.6) is 5.75 Å². The monoisotopic (exact) mass is 260 g/mol. The minimum atomic E-state index is -3.05. The number of carbonyl (C=O) groups is 1. The van der Waals surface area contributed by atoms with Gasteiger partial charge >= 0.3 is 12.6 Å². The number of alkyl halides is 2. The predicted molar refractivity (Wildman–Crippen MR) is 62.2 cm³/mol. The van der Waals surface area contributed by atoms with Crippen LogP contribution in [0.2, 0.25) is 0 Å². The number of benzene rings is 1. The van der Waals surface area contributed by atoms with Crippen LogP contribution >= 0.6 is 0 Å². The van der Waals surface area contributed by atoms with Crippen LogP contribution in [0.25, 0.3) is 0 Å². The minimum absolute atomic E-state index is 0.109. The maximum absolute atomic E-state index is 12.3. The van der Waals surface area contributed by atoms with Crippen molar-refractivity contribution in [1.82, 2.24) is 0 Å². The van der Waals surface area contributed by atoms with E-state index in [2.05, 4.69) is 4.74 Å². The fraction of sp³-hybridized carbons (Fsp3) is 0.364. The summed E-state index contributed by atoms with van der Waals surface area (Å²) < 4.78 is 33.5. The quantitative estimate of drug-likeness (QED) is 0.619. The van der Waals surface area contributed by atoms with Gasteiger partial charge in [-0.05, 0) is 13.0 Å². The molecule has 0 saturated heterocycles. The Balaban J connectivity index is 3.02. The number of hydrogen-bond donors (Lipinski definition) is 2. The Morgan fingerprint density at radius 3 is 2.61 bits per heavy atom. The first-order chi connectivity index (χ1) is 8.45. The van der Waals surface area contributed by atoms with Crippen molar-refractivity contribution in [3.05, 3.63) is 17.7 Å². The molecule has 0 fully saturated rings. The van der Waals surface area contributed by atoms with Crippen LogP contribution < -0.4 is 16.2 Å². The van der Waals surface area contributed by atoms with Gasteiger partial charge in [-0.15, -0.1) is 0 Å². The first kappa shape index (κ1) is 14.0. The number of ether oxygens (including phenoxy) is 2. The van der Waals surface area contributed by atoms with Crippen molar-refractivity contribution in [1.29, 1.82) is 0 Å². The molecule has 0 aromatic heterocycles. The fourth-order valence-electron chi connectivity index (χ4n) is 1.39. The number of nitrogen functional groups attached to an aromatic ring is 2. The van der Waals surface area contributed by atoms with E-state index < -0.39 is 12.6 Å². The van der Waals surface area contributed by atoms with Crippen LogP contribution in [0.15, 0.2) is 12.1 Å². The summed E-state index contributed by atoms with van der Waals surface area (Å²) in [6, 6.07) is 2.82. The van der Waals surface area contributed by atoms with Gasteiger partial charge in [0, 0.05) is 5.56 Å². The molecule has 5 nitrogen and oxygen atoms in total. The SMILES string of the molecule is CCOC(=O)Cc1ccc(N)c(N)c1OC(F)F. The Morgan fingerprint density at radius 1 is 1.39 bits per heavy atom. The zero-order valence-corrected chi connectivity index (χ0v) is 9.78. The molecule has 0 aliphatic rings. The molecule has 4 N–H and O–H groups in total. The average Bonchev–Trinajstić information content (AvgIpc) is 2.28. The number of esters is 1. The van der Waals surface area contributed by atoms with Gasteiger partial charge < -0.3 is 20.9 Å². The average molecular weight is 260 g/mol. The topological polar surface area (TPSA) is 87.6 Å². The number of nitrogens with two attached hydrogens (primary N) is 2. The van der Waals surface area contributed by atoms with E-state index in [1.54, 1.807) is 6.92 Å². The van der Waals surface area contributed by atoms with Gasteiger partial charge in [0.2, 0.25) is 0 Å². The fourth-order valence-corrected chi connectivity index (χ4v) is 1.39. The van der Waals surface area contributed by atoms with Gasteiger partial charge in [-0.2, -0.15) is 8.78 Å². The van der Waals surface area contributed by atoms with E-state index in [0.717, 1.165) is 0 Å². The highest BCUT2D eigenvalue weighted by Gasteiger charge is 2.17. The van der Waals surface area contributed by atoms with Crippen molar-refractivity contribution in [2.45, 2.75) is 20.0 Å². The Morgan fingerprint density at radius 2 is 2.06 bits per heavy atom. The number of halogens is 2. The zero-order chi connectivity index (χ0) is 13.7. The normalized spacial score (nSPS) is 10.4. The van der Waals surface area contributed by atoms with Crippen molar-refractivity contribution < 1.29 is 23.0 Å². The molecule has 0 bridgehead atoms. The Kier molecular flexibility index (Phi) is 4.70. The number of rotatable bonds is 5. The van der Waals surface area contributed by atoms with Crippen LogP contribution in [-0.4, -0.2) is 19.2 Å². The van der Waals surface area contributed by atoms with Gasteiger partial charge in [0.1, 0.15) is 0 Å². The maximum Gasteiger partial charge on any atom is 0.387 e. The summed E-state index contributed by atoms with van der Waals surface area (Å²) in [4.78, 5) is 11.3. The third-order valence-corrected chi connectivity index (χ3v) is 2.16. The lowest BCUT2D eigenvalue weighted by Gasteiger charge is -2.14. The molecule has 0 atom stereocenters. The summed E-state index contributed by atoms with van der Waals surface area (Å²) in [7, 11) is 0. The number of hydrogen-bond acceptors (Lipinski definition) is 5. The van der Waals surface area contributed by atoms with E-state index >= 15 is 0 Å². The predicted octanol–water partition coefficient (Wildman–Crippen LogP) is 1.56. The summed E-state index contributed by atoms with van der Waals surface area (Å²) in [6.45, 7) is -1.20. The van der Waals surface area contributed by atoms with Crippen LogP contribution in [0.1, 0.15) is 12.5 Å². The lowest BCUT2D eigenvalue weighted by atomic mass is 10.1. The lowest BCUT2D eigenvalue weighted by molar-refractivity contribution is -0.142. The highest BCUT2D eigenvalue weighted by molar-refractivity contribution is 5.79. The third-order valence-electron chi connectivity index (χ3n) is 2.16. The number of anilines is 2. The third kappa shape index (κ3) is 3.47. The van der Waals surface area contributed by atoms with Crippen LogP contribution in [-0.2, 0) is 16.0 Å². The lowest BCUT2D eigenvalue weighted by Crippen LogP contribution is -2.13. The van der Waals surface area contributed by atoms with Gasteiger partial charge in [0.25, 0.3) is 0 Å². The van der Waals surface area contributed by atoms with E-state index in [1.165, 1.54) is 12.1 Å². The molecule has 0 aliphatic heterocycles. The molecule has 0 heterocycles. The maximum atomic E-state index is 12.3.